The molecule has 0 saturated heterocycles. The van der Waals surface area contributed by atoms with Gasteiger partial charge in [0.15, 0.2) is 0 Å². The molecule has 1 aromatic heterocycles. The van der Waals surface area contributed by atoms with Crippen molar-refractivity contribution in [1.82, 2.24) is 10.3 Å². The minimum atomic E-state index is 0.486. The lowest BCUT2D eigenvalue weighted by atomic mass is 9.96. The summed E-state index contributed by atoms with van der Waals surface area (Å²) < 4.78 is 0. The third kappa shape index (κ3) is 2.95. The molecule has 1 unspecified atom stereocenters. The van der Waals surface area contributed by atoms with Gasteiger partial charge in [-0.1, -0.05) is 38.0 Å². The second-order valence-electron chi connectivity index (χ2n) is 5.63. The van der Waals surface area contributed by atoms with Crippen molar-refractivity contribution in [3.05, 3.63) is 42.2 Å². The van der Waals surface area contributed by atoms with Crippen LogP contribution in [0.4, 0.5) is 0 Å². The summed E-state index contributed by atoms with van der Waals surface area (Å²) >= 11 is 0. The fourth-order valence-electron chi connectivity index (χ4n) is 2.77. The highest BCUT2D eigenvalue weighted by atomic mass is 14.9. The van der Waals surface area contributed by atoms with Crippen LogP contribution in [0.3, 0.4) is 0 Å². The van der Waals surface area contributed by atoms with E-state index in [1.54, 1.807) is 0 Å². The summed E-state index contributed by atoms with van der Waals surface area (Å²) in [5.41, 5.74) is 1.42. The lowest BCUT2D eigenvalue weighted by Gasteiger charge is -2.20. The van der Waals surface area contributed by atoms with Gasteiger partial charge in [-0.15, -0.1) is 0 Å². The molecule has 0 aliphatic heterocycles. The molecule has 0 spiro atoms. The average molecular weight is 254 g/mol. The van der Waals surface area contributed by atoms with Gasteiger partial charge < -0.3 is 5.32 Å². The minimum Gasteiger partial charge on any atom is -0.310 e. The third-order valence-electron chi connectivity index (χ3n) is 4.00. The van der Waals surface area contributed by atoms with Crippen LogP contribution in [0.2, 0.25) is 0 Å². The van der Waals surface area contributed by atoms with Crippen LogP contribution in [-0.2, 0) is 0 Å². The van der Waals surface area contributed by atoms with Gasteiger partial charge in [0.1, 0.15) is 0 Å². The molecule has 2 aromatic rings. The molecule has 100 valence electrons. The number of pyridine rings is 1. The van der Waals surface area contributed by atoms with Crippen molar-refractivity contribution in [2.75, 3.05) is 6.54 Å². The Balaban J connectivity index is 1.93. The first-order valence-electron chi connectivity index (χ1n) is 7.44. The number of rotatable bonds is 6. The zero-order chi connectivity index (χ0) is 13.1. The smallest absolute Gasteiger partial charge is 0.0349 e. The van der Waals surface area contributed by atoms with Gasteiger partial charge in [0.2, 0.25) is 0 Å². The number of hydrogen-bond acceptors (Lipinski definition) is 2. The summed E-state index contributed by atoms with van der Waals surface area (Å²) in [6.07, 6.45) is 9.17. The van der Waals surface area contributed by atoms with Crippen molar-refractivity contribution in [3.8, 4) is 0 Å². The van der Waals surface area contributed by atoms with Crippen LogP contribution in [0.1, 0.15) is 44.2 Å². The van der Waals surface area contributed by atoms with E-state index in [2.05, 4.69) is 41.5 Å². The van der Waals surface area contributed by atoms with Crippen molar-refractivity contribution >= 4 is 10.8 Å². The number of nitrogens with one attached hydrogen (secondary N) is 1. The maximum atomic E-state index is 4.30. The molecule has 0 amide bonds. The maximum absolute atomic E-state index is 4.30. The fourth-order valence-corrected chi connectivity index (χ4v) is 2.77. The van der Waals surface area contributed by atoms with E-state index < -0.39 is 0 Å². The summed E-state index contributed by atoms with van der Waals surface area (Å²) in [6, 6.07) is 9.20. The zero-order valence-electron chi connectivity index (χ0n) is 11.6. The first kappa shape index (κ1) is 12.6. The van der Waals surface area contributed by atoms with Crippen molar-refractivity contribution in [2.45, 2.75) is 38.6 Å². The van der Waals surface area contributed by atoms with Crippen molar-refractivity contribution in [3.63, 3.8) is 0 Å². The average Bonchev–Trinajstić information content (AvgIpc) is 3.27. The summed E-state index contributed by atoms with van der Waals surface area (Å²) in [4.78, 5) is 4.30. The summed E-state index contributed by atoms with van der Waals surface area (Å²) in [6.45, 7) is 3.32. The molecular formula is C17H22N2. The molecule has 1 fully saturated rings. The van der Waals surface area contributed by atoms with Crippen LogP contribution in [0.25, 0.3) is 10.8 Å². The number of benzene rings is 1. The van der Waals surface area contributed by atoms with E-state index >= 15 is 0 Å². The highest BCUT2D eigenvalue weighted by Gasteiger charge is 2.26. The zero-order valence-corrected chi connectivity index (χ0v) is 11.6. The van der Waals surface area contributed by atoms with Crippen LogP contribution >= 0.6 is 0 Å². The van der Waals surface area contributed by atoms with Gasteiger partial charge in [-0.3, -0.25) is 4.98 Å². The molecule has 2 heteroatoms. The molecule has 0 radical (unpaired) electrons. The van der Waals surface area contributed by atoms with Gasteiger partial charge in [-0.2, -0.15) is 0 Å². The molecule has 19 heavy (non-hydrogen) atoms. The summed E-state index contributed by atoms with van der Waals surface area (Å²) in [5.74, 6) is 0.932. The SMILES string of the molecule is CCCNC(CC1CC1)c1cccc2ccncc12. The molecular weight excluding hydrogens is 232 g/mol. The molecule has 1 heterocycles. The highest BCUT2D eigenvalue weighted by molar-refractivity contribution is 5.85. The van der Waals surface area contributed by atoms with Crippen LogP contribution in [0.15, 0.2) is 36.7 Å². The lowest BCUT2D eigenvalue weighted by Crippen LogP contribution is -2.22. The van der Waals surface area contributed by atoms with Crippen molar-refractivity contribution in [1.29, 1.82) is 0 Å². The Morgan fingerprint density at radius 1 is 1.32 bits per heavy atom. The van der Waals surface area contributed by atoms with E-state index in [-0.39, 0.29) is 0 Å². The van der Waals surface area contributed by atoms with Gasteiger partial charge >= 0.3 is 0 Å². The largest absolute Gasteiger partial charge is 0.310 e. The van der Waals surface area contributed by atoms with Crippen LogP contribution in [-0.4, -0.2) is 11.5 Å². The quantitative estimate of drug-likeness (QED) is 0.840. The molecule has 3 rings (SSSR count). The van der Waals surface area contributed by atoms with Crippen molar-refractivity contribution < 1.29 is 0 Å². The Hall–Kier alpha value is -1.41. The first-order valence-corrected chi connectivity index (χ1v) is 7.44. The van der Waals surface area contributed by atoms with E-state index in [1.165, 1.54) is 42.0 Å². The Kier molecular flexibility index (Phi) is 3.79. The van der Waals surface area contributed by atoms with E-state index in [0.717, 1.165) is 12.5 Å². The van der Waals surface area contributed by atoms with Gasteiger partial charge in [0.05, 0.1) is 0 Å². The fraction of sp³-hybridized carbons (Fsp3) is 0.471. The Bertz CT molecular complexity index is 540. The van der Waals surface area contributed by atoms with Gasteiger partial charge in [0.25, 0.3) is 0 Å². The van der Waals surface area contributed by atoms with E-state index in [1.807, 2.05) is 12.4 Å². The first-order chi connectivity index (χ1) is 9.38. The number of nitrogens with zero attached hydrogens (tertiary/aromatic N) is 1. The normalized spacial score (nSPS) is 16.7. The molecule has 1 N–H and O–H groups in total. The second kappa shape index (κ2) is 5.70. The molecule has 0 bridgehead atoms. The Morgan fingerprint density at radius 2 is 2.21 bits per heavy atom. The minimum absolute atomic E-state index is 0.486. The molecule has 2 nitrogen and oxygen atoms in total. The predicted octanol–water partition coefficient (Wildman–Crippen LogP) is 4.08. The van der Waals surface area contributed by atoms with Gasteiger partial charge in [-0.25, -0.2) is 0 Å². The maximum Gasteiger partial charge on any atom is 0.0349 e. The number of fused-ring (bicyclic) bond motifs is 1. The summed E-state index contributed by atoms with van der Waals surface area (Å²) in [5, 5.41) is 6.32. The second-order valence-corrected chi connectivity index (χ2v) is 5.63. The monoisotopic (exact) mass is 254 g/mol. The third-order valence-corrected chi connectivity index (χ3v) is 4.00. The molecule has 1 saturated carbocycles. The molecule has 1 aromatic carbocycles. The van der Waals surface area contributed by atoms with Crippen molar-refractivity contribution in [2.24, 2.45) is 5.92 Å². The Labute approximate surface area is 115 Å². The van der Waals surface area contributed by atoms with E-state index in [9.17, 15) is 0 Å². The lowest BCUT2D eigenvalue weighted by molar-refractivity contribution is 0.476. The summed E-state index contributed by atoms with van der Waals surface area (Å²) in [7, 11) is 0. The Morgan fingerprint density at radius 3 is 3.00 bits per heavy atom. The van der Waals surface area contributed by atoms with Crippen LogP contribution in [0, 0.1) is 5.92 Å². The van der Waals surface area contributed by atoms with Crippen LogP contribution in [0.5, 0.6) is 0 Å². The topological polar surface area (TPSA) is 24.9 Å². The van der Waals surface area contributed by atoms with Gasteiger partial charge in [0, 0.05) is 23.8 Å². The standard InChI is InChI=1S/C17H22N2/c1-2-9-19-17(11-13-6-7-13)15-5-3-4-14-8-10-18-12-16(14)15/h3-5,8,10,12-13,17,19H,2,6-7,9,11H2,1H3. The number of aromatic nitrogens is 1. The van der Waals surface area contributed by atoms with Crippen LogP contribution < -0.4 is 5.32 Å². The van der Waals surface area contributed by atoms with E-state index in [4.69, 9.17) is 0 Å². The van der Waals surface area contributed by atoms with E-state index in [0.29, 0.717) is 6.04 Å². The predicted molar refractivity (Wildman–Crippen MR) is 80.1 cm³/mol. The molecule has 1 atom stereocenters. The van der Waals surface area contributed by atoms with Gasteiger partial charge in [-0.05, 0) is 42.3 Å². The number of hydrogen-bond donors (Lipinski definition) is 1. The molecule has 1 aliphatic carbocycles. The highest BCUT2D eigenvalue weighted by Crippen LogP contribution is 2.39. The molecule has 1 aliphatic rings.